The van der Waals surface area contributed by atoms with Crippen molar-refractivity contribution < 1.29 is 4.39 Å². The topological polar surface area (TPSA) is 35.8 Å². The molecule has 1 aromatic rings. The van der Waals surface area contributed by atoms with Crippen LogP contribution in [0.25, 0.3) is 0 Å². The van der Waals surface area contributed by atoms with Gasteiger partial charge in [-0.1, -0.05) is 13.8 Å². The fourth-order valence-corrected chi connectivity index (χ4v) is 2.85. The van der Waals surface area contributed by atoms with E-state index in [1.165, 1.54) is 18.9 Å². The monoisotopic (exact) mass is 260 g/mol. The molecule has 0 saturated heterocycles. The zero-order valence-corrected chi connectivity index (χ0v) is 11.6. The lowest BCUT2D eigenvalue weighted by Gasteiger charge is -2.31. The predicted molar refractivity (Wildman–Crippen MR) is 75.3 cm³/mol. The van der Waals surface area contributed by atoms with Crippen molar-refractivity contribution in [3.05, 3.63) is 29.6 Å². The average Bonchev–Trinajstić information content (AvgIpc) is 2.41. The van der Waals surface area contributed by atoms with Crippen LogP contribution in [-0.2, 0) is 0 Å². The van der Waals surface area contributed by atoms with Crippen molar-refractivity contribution in [2.24, 2.45) is 11.8 Å². The highest BCUT2D eigenvalue weighted by atomic mass is 19.1. The van der Waals surface area contributed by atoms with E-state index in [9.17, 15) is 4.39 Å². The first kappa shape index (κ1) is 13.9. The Morgan fingerprint density at radius 1 is 1.26 bits per heavy atom. The molecule has 1 fully saturated rings. The molecule has 19 heavy (non-hydrogen) atoms. The van der Waals surface area contributed by atoms with Crippen LogP contribution in [0, 0.1) is 29.0 Å². The van der Waals surface area contributed by atoms with E-state index < -0.39 is 0 Å². The summed E-state index contributed by atoms with van der Waals surface area (Å²) in [5.41, 5.74) is 0.888. The number of hydrogen-bond acceptors (Lipinski definition) is 2. The lowest BCUT2D eigenvalue weighted by Crippen LogP contribution is -2.28. The molecule has 0 heterocycles. The third-order valence-corrected chi connectivity index (χ3v) is 4.17. The quantitative estimate of drug-likeness (QED) is 0.878. The maximum Gasteiger partial charge on any atom is 0.147 e. The number of anilines is 1. The molecule has 0 aromatic heterocycles. The van der Waals surface area contributed by atoms with E-state index >= 15 is 0 Å². The van der Waals surface area contributed by atoms with Gasteiger partial charge in [0.15, 0.2) is 0 Å². The molecule has 0 radical (unpaired) electrons. The molecular weight excluding hydrogens is 239 g/mol. The first-order valence-electron chi connectivity index (χ1n) is 7.06. The van der Waals surface area contributed by atoms with Gasteiger partial charge in [-0.15, -0.1) is 0 Å². The van der Waals surface area contributed by atoms with Crippen LogP contribution in [0.2, 0.25) is 0 Å². The third-order valence-electron chi connectivity index (χ3n) is 4.17. The van der Waals surface area contributed by atoms with Crippen molar-refractivity contribution >= 4 is 5.69 Å². The van der Waals surface area contributed by atoms with Crippen LogP contribution < -0.4 is 5.32 Å². The standard InChI is InChI=1S/C16H21FN2/c1-11(2)13-4-6-14(7-5-13)19-16-8-3-12(10-18)9-15(16)17/h3,8-9,11,13-14,19H,4-7H2,1-2H3. The van der Waals surface area contributed by atoms with Crippen LogP contribution >= 0.6 is 0 Å². The van der Waals surface area contributed by atoms with Gasteiger partial charge in [0.25, 0.3) is 0 Å². The molecule has 0 unspecified atom stereocenters. The fourth-order valence-electron chi connectivity index (χ4n) is 2.85. The number of benzene rings is 1. The van der Waals surface area contributed by atoms with Gasteiger partial charge in [0.05, 0.1) is 17.3 Å². The number of rotatable bonds is 3. The van der Waals surface area contributed by atoms with Gasteiger partial charge in [-0.05, 0) is 55.7 Å². The molecule has 0 aliphatic heterocycles. The Balaban J connectivity index is 1.94. The van der Waals surface area contributed by atoms with Gasteiger partial charge in [0, 0.05) is 6.04 Å². The summed E-state index contributed by atoms with van der Waals surface area (Å²) >= 11 is 0. The van der Waals surface area contributed by atoms with Crippen molar-refractivity contribution in [2.45, 2.75) is 45.6 Å². The van der Waals surface area contributed by atoms with E-state index in [4.69, 9.17) is 5.26 Å². The summed E-state index contributed by atoms with van der Waals surface area (Å²) in [7, 11) is 0. The highest BCUT2D eigenvalue weighted by Gasteiger charge is 2.23. The summed E-state index contributed by atoms with van der Waals surface area (Å²) < 4.78 is 13.8. The Morgan fingerprint density at radius 3 is 2.47 bits per heavy atom. The Morgan fingerprint density at radius 2 is 1.95 bits per heavy atom. The van der Waals surface area contributed by atoms with Crippen molar-refractivity contribution in [3.63, 3.8) is 0 Å². The molecule has 0 atom stereocenters. The molecule has 0 amide bonds. The van der Waals surface area contributed by atoms with E-state index in [-0.39, 0.29) is 5.82 Å². The molecular formula is C16H21FN2. The first-order valence-corrected chi connectivity index (χ1v) is 7.06. The summed E-state index contributed by atoms with van der Waals surface area (Å²) in [6.07, 6.45) is 4.63. The highest BCUT2D eigenvalue weighted by molar-refractivity contribution is 5.49. The van der Waals surface area contributed by atoms with E-state index in [1.54, 1.807) is 12.1 Å². The Bertz CT molecular complexity index is 468. The van der Waals surface area contributed by atoms with Gasteiger partial charge >= 0.3 is 0 Å². The van der Waals surface area contributed by atoms with Crippen molar-refractivity contribution in [2.75, 3.05) is 5.32 Å². The van der Waals surface area contributed by atoms with Crippen molar-refractivity contribution in [1.82, 2.24) is 0 Å². The summed E-state index contributed by atoms with van der Waals surface area (Å²) in [6, 6.07) is 6.93. The fraction of sp³-hybridized carbons (Fsp3) is 0.562. The van der Waals surface area contributed by atoms with Crippen LogP contribution in [0.4, 0.5) is 10.1 Å². The summed E-state index contributed by atoms with van der Waals surface area (Å²) in [5.74, 6) is 1.22. The minimum absolute atomic E-state index is 0.329. The number of nitrogens with one attached hydrogen (secondary N) is 1. The normalized spacial score (nSPS) is 23.1. The van der Waals surface area contributed by atoms with E-state index in [2.05, 4.69) is 19.2 Å². The van der Waals surface area contributed by atoms with Crippen LogP contribution in [0.15, 0.2) is 18.2 Å². The number of halogens is 1. The zero-order valence-electron chi connectivity index (χ0n) is 11.6. The molecule has 3 heteroatoms. The van der Waals surface area contributed by atoms with E-state index in [1.807, 2.05) is 6.07 Å². The minimum Gasteiger partial charge on any atom is -0.380 e. The van der Waals surface area contributed by atoms with E-state index in [0.717, 1.165) is 24.7 Å². The second kappa shape index (κ2) is 6.06. The van der Waals surface area contributed by atoms with Crippen LogP contribution in [-0.4, -0.2) is 6.04 Å². The van der Waals surface area contributed by atoms with Crippen molar-refractivity contribution in [1.29, 1.82) is 5.26 Å². The van der Waals surface area contributed by atoms with Gasteiger partial charge in [-0.25, -0.2) is 4.39 Å². The average molecular weight is 260 g/mol. The second-order valence-electron chi connectivity index (χ2n) is 5.81. The summed E-state index contributed by atoms with van der Waals surface area (Å²) in [5, 5.41) is 12.0. The number of hydrogen-bond donors (Lipinski definition) is 1. The molecule has 1 N–H and O–H groups in total. The van der Waals surface area contributed by atoms with Crippen LogP contribution in [0.3, 0.4) is 0 Å². The lowest BCUT2D eigenvalue weighted by atomic mass is 9.79. The largest absolute Gasteiger partial charge is 0.380 e. The molecule has 102 valence electrons. The number of nitriles is 1. The van der Waals surface area contributed by atoms with Gasteiger partial charge in [0.1, 0.15) is 5.82 Å². The second-order valence-corrected chi connectivity index (χ2v) is 5.81. The van der Waals surface area contributed by atoms with E-state index in [0.29, 0.717) is 17.3 Å². The third kappa shape index (κ3) is 3.47. The zero-order chi connectivity index (χ0) is 13.8. The van der Waals surface area contributed by atoms with Crippen LogP contribution in [0.1, 0.15) is 45.1 Å². The van der Waals surface area contributed by atoms with Gasteiger partial charge in [-0.3, -0.25) is 0 Å². The smallest absolute Gasteiger partial charge is 0.147 e. The summed E-state index contributed by atoms with van der Waals surface area (Å²) in [6.45, 7) is 4.55. The lowest BCUT2D eigenvalue weighted by molar-refractivity contribution is 0.266. The molecule has 1 saturated carbocycles. The van der Waals surface area contributed by atoms with Gasteiger partial charge in [0.2, 0.25) is 0 Å². The molecule has 0 spiro atoms. The molecule has 1 aliphatic rings. The molecule has 2 nitrogen and oxygen atoms in total. The Kier molecular flexibility index (Phi) is 4.42. The number of nitrogens with zero attached hydrogens (tertiary/aromatic N) is 1. The van der Waals surface area contributed by atoms with Crippen molar-refractivity contribution in [3.8, 4) is 6.07 Å². The maximum absolute atomic E-state index is 13.8. The maximum atomic E-state index is 13.8. The molecule has 0 bridgehead atoms. The Labute approximate surface area is 114 Å². The first-order chi connectivity index (χ1) is 9.10. The molecule has 1 aromatic carbocycles. The van der Waals surface area contributed by atoms with Crippen LogP contribution in [0.5, 0.6) is 0 Å². The highest BCUT2D eigenvalue weighted by Crippen LogP contribution is 2.31. The minimum atomic E-state index is -0.329. The SMILES string of the molecule is CC(C)C1CCC(Nc2ccc(C#N)cc2F)CC1. The van der Waals surface area contributed by atoms with Gasteiger partial charge in [-0.2, -0.15) is 5.26 Å². The summed E-state index contributed by atoms with van der Waals surface area (Å²) in [4.78, 5) is 0. The predicted octanol–water partition coefficient (Wildman–Crippen LogP) is 4.32. The molecule has 1 aliphatic carbocycles. The molecule has 2 rings (SSSR count). The van der Waals surface area contributed by atoms with Gasteiger partial charge < -0.3 is 5.32 Å². The Hall–Kier alpha value is -1.56.